The Kier molecular flexibility index (Phi) is 5.30. The number of hydrogen-bond acceptors (Lipinski definition) is 4. The lowest BCUT2D eigenvalue weighted by Gasteiger charge is -2.15. The van der Waals surface area contributed by atoms with E-state index in [-0.39, 0.29) is 19.0 Å². The molecule has 0 radical (unpaired) electrons. The smallest absolute Gasteiger partial charge is 0.322 e. The maximum Gasteiger partial charge on any atom is 0.334 e. The number of para-hydroxylation sites is 1. The highest BCUT2D eigenvalue weighted by Crippen LogP contribution is 2.17. The zero-order valence-corrected chi connectivity index (χ0v) is 14.8. The van der Waals surface area contributed by atoms with Gasteiger partial charge in [0.1, 0.15) is 0 Å². The molecule has 138 valence electrons. The molecule has 1 fully saturated rings. The zero-order chi connectivity index (χ0) is 19.4. The number of imide groups is 2. The fourth-order valence-corrected chi connectivity index (χ4v) is 2.78. The lowest BCUT2D eigenvalue weighted by molar-refractivity contribution is -0.143. The van der Waals surface area contributed by atoms with Crippen molar-refractivity contribution in [2.45, 2.75) is 19.9 Å². The molecule has 1 aliphatic heterocycles. The molecule has 27 heavy (non-hydrogen) atoms. The molecular formula is C20H19N3O4. The summed E-state index contributed by atoms with van der Waals surface area (Å²) < 4.78 is 0. The molecular weight excluding hydrogens is 346 g/mol. The molecule has 1 N–H and O–H groups in total. The standard InChI is InChI=1S/C20H19N3O4/c1-2-12-22-18(25)19(26)23(20(22)27)13-14-8-10-15(11-9-14)17(24)21-16-6-4-3-5-7-16/h3-11H,2,12-13H2,1H3,(H,21,24). The van der Waals surface area contributed by atoms with E-state index in [9.17, 15) is 19.2 Å². The highest BCUT2D eigenvalue weighted by Gasteiger charge is 2.43. The Morgan fingerprint density at radius 1 is 0.889 bits per heavy atom. The highest BCUT2D eigenvalue weighted by molar-refractivity contribution is 6.44. The topological polar surface area (TPSA) is 86.8 Å². The molecule has 0 aliphatic carbocycles. The van der Waals surface area contributed by atoms with Crippen molar-refractivity contribution in [3.63, 3.8) is 0 Å². The molecule has 2 aromatic carbocycles. The van der Waals surface area contributed by atoms with E-state index in [1.807, 2.05) is 25.1 Å². The van der Waals surface area contributed by atoms with E-state index in [2.05, 4.69) is 5.32 Å². The van der Waals surface area contributed by atoms with E-state index >= 15 is 0 Å². The monoisotopic (exact) mass is 365 g/mol. The fourth-order valence-electron chi connectivity index (χ4n) is 2.78. The van der Waals surface area contributed by atoms with Gasteiger partial charge in [0.2, 0.25) is 0 Å². The van der Waals surface area contributed by atoms with Crippen molar-refractivity contribution in [1.29, 1.82) is 0 Å². The molecule has 0 aromatic heterocycles. The molecule has 7 heteroatoms. The van der Waals surface area contributed by atoms with Gasteiger partial charge in [-0.15, -0.1) is 0 Å². The second kappa shape index (κ2) is 7.82. The van der Waals surface area contributed by atoms with Gasteiger partial charge in [-0.25, -0.2) is 4.79 Å². The Bertz CT molecular complexity index is 878. The number of amides is 5. The lowest BCUT2D eigenvalue weighted by atomic mass is 10.1. The molecule has 1 aliphatic rings. The predicted molar refractivity (Wildman–Crippen MR) is 98.8 cm³/mol. The van der Waals surface area contributed by atoms with Crippen LogP contribution in [0.25, 0.3) is 0 Å². The number of urea groups is 1. The number of anilines is 1. The Hall–Kier alpha value is -3.48. The van der Waals surface area contributed by atoms with Gasteiger partial charge in [0, 0.05) is 17.8 Å². The van der Waals surface area contributed by atoms with Crippen LogP contribution >= 0.6 is 0 Å². The van der Waals surface area contributed by atoms with Gasteiger partial charge < -0.3 is 5.32 Å². The number of nitrogens with one attached hydrogen (secondary N) is 1. The third kappa shape index (κ3) is 3.87. The molecule has 0 spiro atoms. The quantitative estimate of drug-likeness (QED) is 0.630. The van der Waals surface area contributed by atoms with Crippen LogP contribution in [0, 0.1) is 0 Å². The van der Waals surface area contributed by atoms with E-state index in [1.54, 1.807) is 36.4 Å². The minimum atomic E-state index is -0.820. The molecule has 0 saturated carbocycles. The van der Waals surface area contributed by atoms with Gasteiger partial charge in [-0.05, 0) is 36.2 Å². The van der Waals surface area contributed by atoms with Crippen molar-refractivity contribution in [2.75, 3.05) is 11.9 Å². The van der Waals surface area contributed by atoms with Crippen molar-refractivity contribution in [2.24, 2.45) is 0 Å². The average Bonchev–Trinajstić information content (AvgIpc) is 2.88. The van der Waals surface area contributed by atoms with Gasteiger partial charge >= 0.3 is 17.8 Å². The summed E-state index contributed by atoms with van der Waals surface area (Å²) in [4.78, 5) is 50.3. The summed E-state index contributed by atoms with van der Waals surface area (Å²) in [6.45, 7) is 2.04. The number of nitrogens with zero attached hydrogens (tertiary/aromatic N) is 2. The van der Waals surface area contributed by atoms with Crippen molar-refractivity contribution < 1.29 is 19.2 Å². The van der Waals surface area contributed by atoms with Crippen molar-refractivity contribution in [1.82, 2.24) is 9.80 Å². The second-order valence-corrected chi connectivity index (χ2v) is 6.15. The number of benzene rings is 2. The summed E-state index contributed by atoms with van der Waals surface area (Å²) in [6.07, 6.45) is 0.587. The van der Waals surface area contributed by atoms with E-state index in [0.717, 1.165) is 9.80 Å². The van der Waals surface area contributed by atoms with Gasteiger partial charge in [0.15, 0.2) is 0 Å². The van der Waals surface area contributed by atoms with Crippen LogP contribution in [0.2, 0.25) is 0 Å². The average molecular weight is 365 g/mol. The first-order valence-corrected chi connectivity index (χ1v) is 8.64. The third-order valence-electron chi connectivity index (χ3n) is 4.17. The van der Waals surface area contributed by atoms with Crippen LogP contribution < -0.4 is 5.32 Å². The van der Waals surface area contributed by atoms with Crippen LogP contribution in [0.4, 0.5) is 10.5 Å². The Balaban J connectivity index is 1.67. The third-order valence-corrected chi connectivity index (χ3v) is 4.17. The molecule has 1 heterocycles. The number of carbonyl (C=O) groups is 4. The summed E-state index contributed by atoms with van der Waals surface area (Å²) in [5, 5.41) is 2.78. The van der Waals surface area contributed by atoms with Crippen molar-refractivity contribution in [3.05, 3.63) is 65.7 Å². The van der Waals surface area contributed by atoms with Crippen LogP contribution in [-0.4, -0.2) is 40.1 Å². The zero-order valence-electron chi connectivity index (χ0n) is 14.8. The summed E-state index contributed by atoms with van der Waals surface area (Å²) in [5.41, 5.74) is 1.79. The van der Waals surface area contributed by atoms with Gasteiger partial charge in [-0.2, -0.15) is 0 Å². The van der Waals surface area contributed by atoms with Crippen LogP contribution in [0.3, 0.4) is 0 Å². The van der Waals surface area contributed by atoms with E-state index in [0.29, 0.717) is 23.2 Å². The number of hydrogen-bond donors (Lipinski definition) is 1. The molecule has 0 atom stereocenters. The summed E-state index contributed by atoms with van der Waals surface area (Å²) in [7, 11) is 0. The number of carbonyl (C=O) groups excluding carboxylic acids is 4. The summed E-state index contributed by atoms with van der Waals surface area (Å²) in [6, 6.07) is 15.0. The minimum absolute atomic E-state index is 0.00972. The van der Waals surface area contributed by atoms with E-state index in [1.165, 1.54) is 0 Å². The van der Waals surface area contributed by atoms with Gasteiger partial charge in [-0.1, -0.05) is 37.3 Å². The fraction of sp³-hybridized carbons (Fsp3) is 0.200. The first-order chi connectivity index (χ1) is 13.0. The van der Waals surface area contributed by atoms with Gasteiger partial charge in [0.25, 0.3) is 5.91 Å². The van der Waals surface area contributed by atoms with E-state index < -0.39 is 17.8 Å². The summed E-state index contributed by atoms with van der Waals surface area (Å²) in [5.74, 6) is -1.87. The van der Waals surface area contributed by atoms with Crippen molar-refractivity contribution >= 4 is 29.4 Å². The lowest BCUT2D eigenvalue weighted by Crippen LogP contribution is -2.33. The minimum Gasteiger partial charge on any atom is -0.322 e. The predicted octanol–water partition coefficient (Wildman–Crippen LogP) is 2.64. The van der Waals surface area contributed by atoms with Crippen LogP contribution in [0.5, 0.6) is 0 Å². The number of rotatable bonds is 6. The van der Waals surface area contributed by atoms with Gasteiger partial charge in [-0.3, -0.25) is 24.2 Å². The summed E-state index contributed by atoms with van der Waals surface area (Å²) >= 11 is 0. The Labute approximate surface area is 156 Å². The first kappa shape index (κ1) is 18.3. The van der Waals surface area contributed by atoms with E-state index in [4.69, 9.17) is 0 Å². The van der Waals surface area contributed by atoms with Crippen LogP contribution in [0.15, 0.2) is 54.6 Å². The maximum atomic E-state index is 12.3. The molecule has 0 unspecified atom stereocenters. The molecule has 5 amide bonds. The molecule has 2 aromatic rings. The Morgan fingerprint density at radius 2 is 1.52 bits per heavy atom. The maximum absolute atomic E-state index is 12.3. The molecule has 0 bridgehead atoms. The molecule has 7 nitrogen and oxygen atoms in total. The van der Waals surface area contributed by atoms with Crippen molar-refractivity contribution in [3.8, 4) is 0 Å². The first-order valence-electron chi connectivity index (χ1n) is 8.64. The molecule has 1 saturated heterocycles. The van der Waals surface area contributed by atoms with Crippen LogP contribution in [0.1, 0.15) is 29.3 Å². The second-order valence-electron chi connectivity index (χ2n) is 6.15. The van der Waals surface area contributed by atoms with Gasteiger partial charge in [0.05, 0.1) is 6.54 Å². The SMILES string of the molecule is CCCN1C(=O)C(=O)N(Cc2ccc(C(=O)Nc3ccccc3)cc2)C1=O. The highest BCUT2D eigenvalue weighted by atomic mass is 16.2. The Morgan fingerprint density at radius 3 is 2.15 bits per heavy atom. The largest absolute Gasteiger partial charge is 0.334 e. The normalized spacial score (nSPS) is 14.0. The molecule has 3 rings (SSSR count). The van der Waals surface area contributed by atoms with Crippen LogP contribution in [-0.2, 0) is 16.1 Å².